The van der Waals surface area contributed by atoms with Crippen LogP contribution in [0.5, 0.6) is 0 Å². The van der Waals surface area contributed by atoms with Gasteiger partial charge < -0.3 is 15.9 Å². The third-order valence-corrected chi connectivity index (χ3v) is 2.81. The quantitative estimate of drug-likeness (QED) is 0.557. The Labute approximate surface area is 77.7 Å². The van der Waals surface area contributed by atoms with Crippen molar-refractivity contribution in [2.24, 2.45) is 5.73 Å². The summed E-state index contributed by atoms with van der Waals surface area (Å²) in [5, 5.41) is 18.5. The maximum Gasteiger partial charge on any atom is 0.326 e. The monoisotopic (exact) mass is 187 g/mol. The van der Waals surface area contributed by atoms with Crippen molar-refractivity contribution < 1.29 is 15.0 Å². The number of carbonyl (C=O) groups is 1. The molecule has 0 amide bonds. The lowest BCUT2D eigenvalue weighted by molar-refractivity contribution is -0.149. The van der Waals surface area contributed by atoms with Crippen molar-refractivity contribution in [1.82, 2.24) is 0 Å². The van der Waals surface area contributed by atoms with E-state index in [-0.39, 0.29) is 0 Å². The Balaban J connectivity index is 2.71. The molecule has 4 heteroatoms. The number of nitrogens with two attached hydrogens (primary N) is 1. The van der Waals surface area contributed by atoms with Crippen LogP contribution in [0.25, 0.3) is 0 Å². The van der Waals surface area contributed by atoms with Gasteiger partial charge in [0.15, 0.2) is 0 Å². The van der Waals surface area contributed by atoms with E-state index in [1.54, 1.807) is 0 Å². The minimum atomic E-state index is -1.42. The molecule has 0 spiro atoms. The molecule has 4 nitrogen and oxygen atoms in total. The Hall–Kier alpha value is -0.610. The third-order valence-electron chi connectivity index (χ3n) is 2.81. The van der Waals surface area contributed by atoms with Gasteiger partial charge in [-0.25, -0.2) is 0 Å². The van der Waals surface area contributed by atoms with Gasteiger partial charge in [0.25, 0.3) is 0 Å². The summed E-state index contributed by atoms with van der Waals surface area (Å²) in [5.41, 5.74) is 4.25. The molecule has 1 aliphatic rings. The fourth-order valence-electron chi connectivity index (χ4n) is 1.78. The predicted molar refractivity (Wildman–Crippen MR) is 48.3 cm³/mol. The highest BCUT2D eigenvalue weighted by Gasteiger charge is 2.41. The molecule has 0 aromatic rings. The van der Waals surface area contributed by atoms with E-state index in [0.29, 0.717) is 12.8 Å². The van der Waals surface area contributed by atoms with Gasteiger partial charge in [0, 0.05) is 0 Å². The van der Waals surface area contributed by atoms with E-state index < -0.39 is 17.6 Å². The number of carboxylic acid groups (broad SMARTS) is 1. The Kier molecular flexibility index (Phi) is 3.27. The number of rotatable bonds is 1. The van der Waals surface area contributed by atoms with Gasteiger partial charge in [0.2, 0.25) is 0 Å². The lowest BCUT2D eigenvalue weighted by atomic mass is 9.82. The molecule has 2 atom stereocenters. The molecule has 1 saturated carbocycles. The molecule has 0 saturated heterocycles. The fourth-order valence-corrected chi connectivity index (χ4v) is 1.78. The Morgan fingerprint density at radius 1 is 1.31 bits per heavy atom. The average molecular weight is 187 g/mol. The van der Waals surface area contributed by atoms with Gasteiger partial charge in [0.05, 0.1) is 6.10 Å². The summed E-state index contributed by atoms with van der Waals surface area (Å²) in [6, 6.07) is 0. The minimum absolute atomic E-state index is 0.378. The van der Waals surface area contributed by atoms with Crippen LogP contribution in [-0.4, -0.2) is 27.8 Å². The second-order valence-corrected chi connectivity index (χ2v) is 3.81. The summed E-state index contributed by atoms with van der Waals surface area (Å²) in [5.74, 6) is -1.08. The van der Waals surface area contributed by atoms with Crippen LogP contribution in [0.1, 0.15) is 38.5 Å². The van der Waals surface area contributed by atoms with Crippen LogP contribution in [-0.2, 0) is 4.79 Å². The predicted octanol–water partition coefficient (Wildman–Crippen LogP) is 0.484. The molecule has 0 aromatic heterocycles. The van der Waals surface area contributed by atoms with Gasteiger partial charge in [0.1, 0.15) is 5.54 Å². The molecule has 76 valence electrons. The van der Waals surface area contributed by atoms with Crippen LogP contribution in [0, 0.1) is 0 Å². The summed E-state index contributed by atoms with van der Waals surface area (Å²) in [7, 11) is 0. The van der Waals surface area contributed by atoms with E-state index in [2.05, 4.69) is 0 Å². The molecule has 0 aromatic carbocycles. The summed E-state index contributed by atoms with van der Waals surface area (Å²) < 4.78 is 0. The first-order valence-corrected chi connectivity index (χ1v) is 4.78. The Morgan fingerprint density at radius 3 is 2.54 bits per heavy atom. The van der Waals surface area contributed by atoms with Crippen molar-refractivity contribution in [3.05, 3.63) is 0 Å². The van der Waals surface area contributed by atoms with E-state index in [0.717, 1.165) is 25.7 Å². The summed E-state index contributed by atoms with van der Waals surface area (Å²) in [4.78, 5) is 10.9. The number of carboxylic acids is 1. The zero-order chi connectivity index (χ0) is 9.90. The van der Waals surface area contributed by atoms with Gasteiger partial charge in [-0.3, -0.25) is 4.79 Å². The maximum absolute atomic E-state index is 10.9. The first kappa shape index (κ1) is 10.5. The topological polar surface area (TPSA) is 83.6 Å². The molecule has 0 radical (unpaired) electrons. The molecule has 1 aliphatic carbocycles. The highest BCUT2D eigenvalue weighted by molar-refractivity contribution is 5.79. The van der Waals surface area contributed by atoms with E-state index in [4.69, 9.17) is 10.8 Å². The number of aliphatic hydroxyl groups is 1. The average Bonchev–Trinajstić information content (AvgIpc) is 2.07. The SMILES string of the molecule is N[C@]1(C(=O)O)CCCCCC[C@H]1O. The molecule has 0 aliphatic heterocycles. The highest BCUT2D eigenvalue weighted by atomic mass is 16.4. The van der Waals surface area contributed by atoms with Crippen LogP contribution in [0.15, 0.2) is 0 Å². The molecule has 0 bridgehead atoms. The van der Waals surface area contributed by atoms with Gasteiger partial charge in [-0.15, -0.1) is 0 Å². The fraction of sp³-hybridized carbons (Fsp3) is 0.889. The molecular weight excluding hydrogens is 170 g/mol. The van der Waals surface area contributed by atoms with Crippen molar-refractivity contribution >= 4 is 5.97 Å². The van der Waals surface area contributed by atoms with Crippen LogP contribution in [0.2, 0.25) is 0 Å². The number of aliphatic hydroxyl groups excluding tert-OH is 1. The smallest absolute Gasteiger partial charge is 0.326 e. The highest BCUT2D eigenvalue weighted by Crippen LogP contribution is 2.24. The minimum Gasteiger partial charge on any atom is -0.480 e. The van der Waals surface area contributed by atoms with E-state index >= 15 is 0 Å². The van der Waals surface area contributed by atoms with Gasteiger partial charge in [-0.2, -0.15) is 0 Å². The van der Waals surface area contributed by atoms with Crippen LogP contribution in [0.4, 0.5) is 0 Å². The standard InChI is InChI=1S/C9H17NO3/c10-9(8(12)13)6-4-2-1-3-5-7(9)11/h7,11H,1-6,10H2,(H,12,13)/t7-,9-/m1/s1. The first-order valence-electron chi connectivity index (χ1n) is 4.78. The van der Waals surface area contributed by atoms with Gasteiger partial charge in [-0.1, -0.05) is 25.7 Å². The summed E-state index contributed by atoms with van der Waals surface area (Å²) in [6.07, 6.45) is 3.72. The van der Waals surface area contributed by atoms with E-state index in [9.17, 15) is 9.90 Å². The zero-order valence-electron chi connectivity index (χ0n) is 7.70. The second kappa shape index (κ2) is 4.07. The lowest BCUT2D eigenvalue weighted by Crippen LogP contribution is -2.57. The molecule has 1 rings (SSSR count). The molecule has 4 N–H and O–H groups in total. The lowest BCUT2D eigenvalue weighted by Gasteiger charge is -2.31. The van der Waals surface area contributed by atoms with Crippen LogP contribution in [0.3, 0.4) is 0 Å². The van der Waals surface area contributed by atoms with Crippen LogP contribution < -0.4 is 5.73 Å². The molecule has 0 unspecified atom stereocenters. The van der Waals surface area contributed by atoms with Crippen molar-refractivity contribution in [3.8, 4) is 0 Å². The third kappa shape index (κ3) is 2.19. The van der Waals surface area contributed by atoms with Gasteiger partial charge >= 0.3 is 5.97 Å². The maximum atomic E-state index is 10.9. The Bertz CT molecular complexity index is 195. The molecule has 0 heterocycles. The van der Waals surface area contributed by atoms with Crippen molar-refractivity contribution in [2.45, 2.75) is 50.2 Å². The second-order valence-electron chi connectivity index (χ2n) is 3.81. The van der Waals surface area contributed by atoms with Crippen molar-refractivity contribution in [3.63, 3.8) is 0 Å². The zero-order valence-corrected chi connectivity index (χ0v) is 7.70. The van der Waals surface area contributed by atoms with E-state index in [1.165, 1.54) is 0 Å². The Morgan fingerprint density at radius 2 is 1.92 bits per heavy atom. The number of aliphatic carboxylic acids is 1. The molecule has 13 heavy (non-hydrogen) atoms. The van der Waals surface area contributed by atoms with Gasteiger partial charge in [-0.05, 0) is 12.8 Å². The molecular formula is C9H17NO3. The number of hydrogen-bond acceptors (Lipinski definition) is 3. The summed E-state index contributed by atoms with van der Waals surface area (Å²) in [6.45, 7) is 0. The normalized spacial score (nSPS) is 36.3. The largest absolute Gasteiger partial charge is 0.480 e. The van der Waals surface area contributed by atoms with Crippen molar-refractivity contribution in [1.29, 1.82) is 0 Å². The van der Waals surface area contributed by atoms with E-state index in [1.807, 2.05) is 0 Å². The van der Waals surface area contributed by atoms with Crippen LogP contribution >= 0.6 is 0 Å². The summed E-state index contributed by atoms with van der Waals surface area (Å²) >= 11 is 0. The first-order chi connectivity index (χ1) is 6.07. The van der Waals surface area contributed by atoms with Crippen molar-refractivity contribution in [2.75, 3.05) is 0 Å². The number of hydrogen-bond donors (Lipinski definition) is 3. The molecule has 1 fully saturated rings.